The van der Waals surface area contributed by atoms with Gasteiger partial charge in [0.2, 0.25) is 5.91 Å². The summed E-state index contributed by atoms with van der Waals surface area (Å²) in [5.74, 6) is -0.494. The number of rotatable bonds is 6. The van der Waals surface area contributed by atoms with E-state index in [0.29, 0.717) is 6.42 Å². The summed E-state index contributed by atoms with van der Waals surface area (Å²) in [5.41, 5.74) is 5.82. The lowest BCUT2D eigenvalue weighted by Crippen LogP contribution is -2.35. The van der Waals surface area contributed by atoms with Crippen molar-refractivity contribution >= 4 is 11.6 Å². The van der Waals surface area contributed by atoms with E-state index in [-0.39, 0.29) is 11.4 Å². The second-order valence-corrected chi connectivity index (χ2v) is 3.76. The van der Waals surface area contributed by atoms with Crippen molar-refractivity contribution in [1.29, 1.82) is 0 Å². The first-order chi connectivity index (χ1) is 8.54. The molecule has 0 aliphatic heterocycles. The predicted molar refractivity (Wildman–Crippen MR) is 64.6 cm³/mol. The van der Waals surface area contributed by atoms with E-state index in [1.807, 2.05) is 6.92 Å². The maximum atomic E-state index is 12.2. The Morgan fingerprint density at radius 1 is 1.44 bits per heavy atom. The number of carbonyl (C=O) groups excluding carboxylic acids is 1. The molecule has 0 bridgehead atoms. The van der Waals surface area contributed by atoms with Gasteiger partial charge in [0.05, 0.1) is 11.7 Å². The van der Waals surface area contributed by atoms with Crippen LogP contribution in [-0.4, -0.2) is 18.6 Å². The van der Waals surface area contributed by atoms with E-state index >= 15 is 0 Å². The normalized spacial score (nSPS) is 12.3. The van der Waals surface area contributed by atoms with Gasteiger partial charge in [-0.1, -0.05) is 25.5 Å². The number of para-hydroxylation sites is 2. The first kappa shape index (κ1) is 14.4. The SMILES string of the molecule is CCCC(N)C(=O)Nc1ccccc1OC(F)F. The Balaban J connectivity index is 2.74. The minimum atomic E-state index is -2.94. The molecule has 0 heterocycles. The molecule has 1 rings (SSSR count). The molecule has 1 aromatic rings. The van der Waals surface area contributed by atoms with E-state index < -0.39 is 18.6 Å². The average Bonchev–Trinajstić information content (AvgIpc) is 2.31. The molecule has 0 aliphatic rings. The molecule has 0 radical (unpaired) electrons. The van der Waals surface area contributed by atoms with Crippen LogP contribution in [0.2, 0.25) is 0 Å². The molecule has 18 heavy (non-hydrogen) atoms. The fourth-order valence-corrected chi connectivity index (χ4v) is 1.44. The van der Waals surface area contributed by atoms with Gasteiger partial charge in [0, 0.05) is 0 Å². The van der Waals surface area contributed by atoms with Gasteiger partial charge in [0.25, 0.3) is 0 Å². The largest absolute Gasteiger partial charge is 0.433 e. The lowest BCUT2D eigenvalue weighted by atomic mass is 10.1. The Hall–Kier alpha value is -1.69. The summed E-state index contributed by atoms with van der Waals surface area (Å²) in [6, 6.07) is 5.33. The summed E-state index contributed by atoms with van der Waals surface area (Å²) in [6.07, 6.45) is 1.30. The Morgan fingerprint density at radius 3 is 2.72 bits per heavy atom. The molecule has 3 N–H and O–H groups in total. The van der Waals surface area contributed by atoms with Crippen molar-refractivity contribution in [3.63, 3.8) is 0 Å². The number of nitrogens with two attached hydrogens (primary N) is 1. The Bertz CT molecular complexity index is 399. The van der Waals surface area contributed by atoms with E-state index in [9.17, 15) is 13.6 Å². The second-order valence-electron chi connectivity index (χ2n) is 3.76. The predicted octanol–water partition coefficient (Wildman–Crippen LogP) is 2.35. The molecular formula is C12H16F2N2O2. The summed E-state index contributed by atoms with van der Waals surface area (Å²) < 4.78 is 28.6. The number of anilines is 1. The summed E-state index contributed by atoms with van der Waals surface area (Å²) in [6.45, 7) is -1.03. The Morgan fingerprint density at radius 2 is 2.11 bits per heavy atom. The third kappa shape index (κ3) is 4.29. The zero-order valence-electron chi connectivity index (χ0n) is 10.0. The van der Waals surface area contributed by atoms with Crippen molar-refractivity contribution in [2.24, 2.45) is 5.73 Å². The van der Waals surface area contributed by atoms with Crippen molar-refractivity contribution in [2.75, 3.05) is 5.32 Å². The van der Waals surface area contributed by atoms with Gasteiger partial charge in [-0.15, -0.1) is 0 Å². The number of alkyl halides is 2. The first-order valence-corrected chi connectivity index (χ1v) is 5.65. The van der Waals surface area contributed by atoms with Crippen LogP contribution in [0.25, 0.3) is 0 Å². The van der Waals surface area contributed by atoms with Gasteiger partial charge in [-0.2, -0.15) is 8.78 Å². The number of halogens is 2. The molecule has 0 saturated carbocycles. The number of carbonyl (C=O) groups is 1. The van der Waals surface area contributed by atoms with E-state index in [0.717, 1.165) is 6.42 Å². The molecule has 6 heteroatoms. The van der Waals surface area contributed by atoms with Crippen molar-refractivity contribution in [3.05, 3.63) is 24.3 Å². The maximum absolute atomic E-state index is 12.2. The van der Waals surface area contributed by atoms with Crippen LogP contribution in [0.5, 0.6) is 5.75 Å². The quantitative estimate of drug-likeness (QED) is 0.823. The maximum Gasteiger partial charge on any atom is 0.387 e. The van der Waals surface area contributed by atoms with Gasteiger partial charge in [-0.25, -0.2) is 0 Å². The molecule has 1 amide bonds. The molecule has 100 valence electrons. The second kappa shape index (κ2) is 6.90. The van der Waals surface area contributed by atoms with E-state index in [2.05, 4.69) is 10.1 Å². The van der Waals surface area contributed by atoms with Gasteiger partial charge >= 0.3 is 6.61 Å². The lowest BCUT2D eigenvalue weighted by Gasteiger charge is -2.14. The van der Waals surface area contributed by atoms with Gasteiger partial charge in [0.15, 0.2) is 0 Å². The molecule has 1 atom stereocenters. The van der Waals surface area contributed by atoms with E-state index in [1.54, 1.807) is 12.1 Å². The van der Waals surface area contributed by atoms with Gasteiger partial charge in [-0.3, -0.25) is 4.79 Å². The number of hydrogen-bond acceptors (Lipinski definition) is 3. The average molecular weight is 258 g/mol. The van der Waals surface area contributed by atoms with Crippen molar-refractivity contribution in [2.45, 2.75) is 32.4 Å². The third-order valence-corrected chi connectivity index (χ3v) is 2.30. The molecule has 1 unspecified atom stereocenters. The van der Waals surface area contributed by atoms with Crippen molar-refractivity contribution in [1.82, 2.24) is 0 Å². The lowest BCUT2D eigenvalue weighted by molar-refractivity contribution is -0.117. The van der Waals surface area contributed by atoms with Crippen LogP contribution in [0.1, 0.15) is 19.8 Å². The highest BCUT2D eigenvalue weighted by Crippen LogP contribution is 2.25. The van der Waals surface area contributed by atoms with Gasteiger partial charge in [-0.05, 0) is 18.6 Å². The first-order valence-electron chi connectivity index (χ1n) is 5.65. The van der Waals surface area contributed by atoms with E-state index in [1.165, 1.54) is 12.1 Å². The summed E-state index contributed by atoms with van der Waals surface area (Å²) in [5, 5.41) is 2.48. The Labute approximate surface area is 104 Å². The Kier molecular flexibility index (Phi) is 5.51. The monoisotopic (exact) mass is 258 g/mol. The minimum Gasteiger partial charge on any atom is -0.433 e. The molecule has 0 fully saturated rings. The highest BCUT2D eigenvalue weighted by Gasteiger charge is 2.15. The third-order valence-electron chi connectivity index (χ3n) is 2.30. The summed E-state index contributed by atoms with van der Waals surface area (Å²) in [7, 11) is 0. The molecule has 0 aliphatic carbocycles. The van der Waals surface area contributed by atoms with Gasteiger partial charge in [0.1, 0.15) is 5.75 Å². The fourth-order valence-electron chi connectivity index (χ4n) is 1.44. The molecule has 4 nitrogen and oxygen atoms in total. The van der Waals surface area contributed by atoms with Crippen LogP contribution in [0, 0.1) is 0 Å². The van der Waals surface area contributed by atoms with E-state index in [4.69, 9.17) is 5.73 Å². The topological polar surface area (TPSA) is 64.4 Å². The molecule has 1 aromatic carbocycles. The highest BCUT2D eigenvalue weighted by molar-refractivity contribution is 5.95. The smallest absolute Gasteiger partial charge is 0.387 e. The zero-order chi connectivity index (χ0) is 13.5. The van der Waals surface area contributed by atoms with Crippen molar-refractivity contribution < 1.29 is 18.3 Å². The van der Waals surface area contributed by atoms with Crippen molar-refractivity contribution in [3.8, 4) is 5.75 Å². The van der Waals surface area contributed by atoms with Crippen LogP contribution in [0.3, 0.4) is 0 Å². The summed E-state index contributed by atoms with van der Waals surface area (Å²) >= 11 is 0. The summed E-state index contributed by atoms with van der Waals surface area (Å²) in [4.78, 5) is 11.7. The standard InChI is InChI=1S/C12H16F2N2O2/c1-2-5-8(15)11(17)16-9-6-3-4-7-10(9)18-12(13)14/h3-4,6-8,12H,2,5,15H2,1H3,(H,16,17). The highest BCUT2D eigenvalue weighted by atomic mass is 19.3. The number of hydrogen-bond donors (Lipinski definition) is 2. The zero-order valence-corrected chi connectivity index (χ0v) is 10.0. The van der Waals surface area contributed by atoms with Crippen LogP contribution >= 0.6 is 0 Å². The van der Waals surface area contributed by atoms with Crippen LogP contribution in [0.4, 0.5) is 14.5 Å². The number of amides is 1. The molecule has 0 saturated heterocycles. The van der Waals surface area contributed by atoms with Crippen LogP contribution in [0.15, 0.2) is 24.3 Å². The number of nitrogens with one attached hydrogen (secondary N) is 1. The molecule has 0 aromatic heterocycles. The molecular weight excluding hydrogens is 242 g/mol. The fraction of sp³-hybridized carbons (Fsp3) is 0.417. The minimum absolute atomic E-state index is 0.0791. The number of benzene rings is 1. The van der Waals surface area contributed by atoms with Crippen LogP contribution in [-0.2, 0) is 4.79 Å². The van der Waals surface area contributed by atoms with Gasteiger partial charge < -0.3 is 15.8 Å². The van der Waals surface area contributed by atoms with Crippen LogP contribution < -0.4 is 15.8 Å². The molecule has 0 spiro atoms. The number of ether oxygens (including phenoxy) is 1.